The number of hydrogen-bond acceptors (Lipinski definition) is 1. The Morgan fingerprint density at radius 1 is 1.30 bits per heavy atom. The predicted molar refractivity (Wildman–Crippen MR) is 81.4 cm³/mol. The summed E-state index contributed by atoms with van der Waals surface area (Å²) in [5.74, 6) is 0.494. The smallest absolute Gasteiger partial charge is 0.141 e. The van der Waals surface area contributed by atoms with E-state index in [1.165, 1.54) is 6.07 Å². The number of rotatable bonds is 2. The van der Waals surface area contributed by atoms with E-state index in [1.54, 1.807) is 12.1 Å². The summed E-state index contributed by atoms with van der Waals surface area (Å²) < 4.78 is 13.2. The second kappa shape index (κ2) is 6.03. The van der Waals surface area contributed by atoms with Crippen LogP contribution < -0.4 is 0 Å². The van der Waals surface area contributed by atoms with Gasteiger partial charge in [0.2, 0.25) is 0 Å². The normalized spacial score (nSPS) is 27.6. The van der Waals surface area contributed by atoms with Crippen molar-refractivity contribution in [2.45, 2.75) is 52.6 Å². The third-order valence-corrected chi connectivity index (χ3v) is 4.94. The molecule has 0 spiro atoms. The van der Waals surface area contributed by atoms with Crippen molar-refractivity contribution in [1.82, 2.24) is 0 Å². The third-order valence-electron chi connectivity index (χ3n) is 4.65. The molecular formula is C17H24ClFO. The minimum absolute atomic E-state index is 0.167. The fourth-order valence-electron chi connectivity index (χ4n) is 3.22. The molecule has 0 aromatic heterocycles. The molecular weight excluding hydrogens is 275 g/mol. The van der Waals surface area contributed by atoms with Gasteiger partial charge >= 0.3 is 0 Å². The third kappa shape index (κ3) is 3.73. The molecule has 0 amide bonds. The molecule has 1 aliphatic rings. The molecule has 1 aromatic rings. The Labute approximate surface area is 126 Å². The SMILES string of the molecule is CC(C)(C)C1CCC(O)C(Cc2ccc(F)c(Cl)c2)C1. The molecule has 1 saturated carbocycles. The van der Waals surface area contributed by atoms with Crippen LogP contribution in [0.3, 0.4) is 0 Å². The van der Waals surface area contributed by atoms with Crippen LogP contribution in [0.5, 0.6) is 0 Å². The maximum Gasteiger partial charge on any atom is 0.141 e. The summed E-state index contributed by atoms with van der Waals surface area (Å²) in [5, 5.41) is 10.4. The van der Waals surface area contributed by atoms with Crippen LogP contribution in [0.4, 0.5) is 4.39 Å². The second-order valence-corrected chi connectivity index (χ2v) is 7.56. The molecule has 2 rings (SSSR count). The molecule has 112 valence electrons. The molecule has 3 unspecified atom stereocenters. The van der Waals surface area contributed by atoms with Gasteiger partial charge in [-0.15, -0.1) is 0 Å². The molecule has 0 bridgehead atoms. The van der Waals surface area contributed by atoms with Gasteiger partial charge in [0.05, 0.1) is 11.1 Å². The van der Waals surface area contributed by atoms with Crippen LogP contribution in [0.25, 0.3) is 0 Å². The molecule has 1 nitrogen and oxygen atoms in total. The van der Waals surface area contributed by atoms with E-state index in [4.69, 9.17) is 11.6 Å². The van der Waals surface area contributed by atoms with E-state index in [2.05, 4.69) is 20.8 Å². The molecule has 1 aliphatic carbocycles. The molecule has 3 heteroatoms. The summed E-state index contributed by atoms with van der Waals surface area (Å²) >= 11 is 5.83. The van der Waals surface area contributed by atoms with E-state index < -0.39 is 0 Å². The van der Waals surface area contributed by atoms with Gasteiger partial charge in [0.15, 0.2) is 0 Å². The van der Waals surface area contributed by atoms with Crippen molar-refractivity contribution >= 4 is 11.6 Å². The monoisotopic (exact) mass is 298 g/mol. The molecule has 3 atom stereocenters. The van der Waals surface area contributed by atoms with Crippen LogP contribution in [0.2, 0.25) is 5.02 Å². The lowest BCUT2D eigenvalue weighted by atomic mass is 9.67. The lowest BCUT2D eigenvalue weighted by molar-refractivity contribution is 0.0196. The van der Waals surface area contributed by atoms with Gasteiger partial charge in [-0.3, -0.25) is 0 Å². The molecule has 0 radical (unpaired) electrons. The van der Waals surface area contributed by atoms with Gasteiger partial charge in [-0.25, -0.2) is 4.39 Å². The highest BCUT2D eigenvalue weighted by atomic mass is 35.5. The number of benzene rings is 1. The topological polar surface area (TPSA) is 20.2 Å². The first kappa shape index (κ1) is 15.8. The van der Waals surface area contributed by atoms with Crippen molar-refractivity contribution in [3.63, 3.8) is 0 Å². The van der Waals surface area contributed by atoms with Crippen molar-refractivity contribution < 1.29 is 9.50 Å². The highest BCUT2D eigenvalue weighted by Gasteiger charge is 2.35. The summed E-state index contributed by atoms with van der Waals surface area (Å²) in [7, 11) is 0. The van der Waals surface area contributed by atoms with E-state index in [0.29, 0.717) is 5.92 Å². The Kier molecular flexibility index (Phi) is 4.76. The predicted octanol–water partition coefficient (Wildman–Crippen LogP) is 4.84. The molecule has 1 aromatic carbocycles. The van der Waals surface area contributed by atoms with Gasteiger partial charge < -0.3 is 5.11 Å². The van der Waals surface area contributed by atoms with E-state index in [-0.39, 0.29) is 28.3 Å². The van der Waals surface area contributed by atoms with E-state index in [0.717, 1.165) is 31.2 Å². The fourth-order valence-corrected chi connectivity index (χ4v) is 3.43. The van der Waals surface area contributed by atoms with Gasteiger partial charge in [-0.2, -0.15) is 0 Å². The lowest BCUT2D eigenvalue weighted by Gasteiger charge is -2.40. The van der Waals surface area contributed by atoms with Gasteiger partial charge in [0.1, 0.15) is 5.82 Å². The van der Waals surface area contributed by atoms with E-state index in [1.807, 2.05) is 0 Å². The maximum atomic E-state index is 13.2. The Morgan fingerprint density at radius 2 is 2.00 bits per heavy atom. The van der Waals surface area contributed by atoms with Crippen molar-refractivity contribution in [3.8, 4) is 0 Å². The standard InChI is InChI=1S/C17H24ClFO/c1-17(2,3)13-5-7-16(20)12(10-13)8-11-4-6-15(19)14(18)9-11/h4,6,9,12-13,16,20H,5,7-8,10H2,1-3H3. The summed E-state index contributed by atoms with van der Waals surface area (Å²) in [4.78, 5) is 0. The van der Waals surface area contributed by atoms with Gasteiger partial charge in [-0.1, -0.05) is 38.4 Å². The first-order valence-electron chi connectivity index (χ1n) is 7.39. The molecule has 0 saturated heterocycles. The number of aliphatic hydroxyl groups excluding tert-OH is 1. The summed E-state index contributed by atoms with van der Waals surface area (Å²) in [6, 6.07) is 4.87. The highest BCUT2D eigenvalue weighted by molar-refractivity contribution is 6.30. The summed E-state index contributed by atoms with van der Waals surface area (Å²) in [6.45, 7) is 6.80. The van der Waals surface area contributed by atoms with Crippen molar-refractivity contribution in [3.05, 3.63) is 34.6 Å². The first-order valence-corrected chi connectivity index (χ1v) is 7.77. The molecule has 0 heterocycles. The Bertz CT molecular complexity index is 467. The molecule has 1 fully saturated rings. The fraction of sp³-hybridized carbons (Fsp3) is 0.647. The first-order chi connectivity index (χ1) is 9.27. The average Bonchev–Trinajstić information content (AvgIpc) is 2.35. The quantitative estimate of drug-likeness (QED) is 0.828. The number of hydrogen-bond donors (Lipinski definition) is 1. The zero-order valence-electron chi connectivity index (χ0n) is 12.5. The molecule has 1 N–H and O–H groups in total. The van der Waals surface area contributed by atoms with Crippen LogP contribution in [0.15, 0.2) is 18.2 Å². The largest absolute Gasteiger partial charge is 0.393 e. The minimum atomic E-state index is -0.382. The zero-order chi connectivity index (χ0) is 14.9. The van der Waals surface area contributed by atoms with Crippen molar-refractivity contribution in [2.24, 2.45) is 17.3 Å². The minimum Gasteiger partial charge on any atom is -0.393 e. The highest BCUT2D eigenvalue weighted by Crippen LogP contribution is 2.41. The van der Waals surface area contributed by atoms with E-state index >= 15 is 0 Å². The van der Waals surface area contributed by atoms with Gasteiger partial charge in [-0.05, 0) is 60.6 Å². The Hall–Kier alpha value is -0.600. The van der Waals surface area contributed by atoms with Gasteiger partial charge in [0.25, 0.3) is 0 Å². The lowest BCUT2D eigenvalue weighted by Crippen LogP contribution is -2.35. The summed E-state index contributed by atoms with van der Waals surface area (Å²) in [5.41, 5.74) is 1.29. The van der Waals surface area contributed by atoms with Crippen LogP contribution in [0, 0.1) is 23.1 Å². The number of halogens is 2. The Morgan fingerprint density at radius 3 is 2.60 bits per heavy atom. The van der Waals surface area contributed by atoms with Crippen molar-refractivity contribution in [1.29, 1.82) is 0 Å². The van der Waals surface area contributed by atoms with Gasteiger partial charge in [0, 0.05) is 0 Å². The maximum absolute atomic E-state index is 13.2. The summed E-state index contributed by atoms with van der Waals surface area (Å²) in [6.07, 6.45) is 3.50. The van der Waals surface area contributed by atoms with Crippen LogP contribution in [-0.4, -0.2) is 11.2 Å². The molecule has 20 heavy (non-hydrogen) atoms. The van der Waals surface area contributed by atoms with Crippen LogP contribution in [0.1, 0.15) is 45.6 Å². The zero-order valence-corrected chi connectivity index (χ0v) is 13.3. The van der Waals surface area contributed by atoms with Crippen LogP contribution >= 0.6 is 11.6 Å². The number of aliphatic hydroxyl groups is 1. The average molecular weight is 299 g/mol. The molecule has 0 aliphatic heterocycles. The Balaban J connectivity index is 2.08. The second-order valence-electron chi connectivity index (χ2n) is 7.16. The van der Waals surface area contributed by atoms with Crippen molar-refractivity contribution in [2.75, 3.05) is 0 Å². The van der Waals surface area contributed by atoms with E-state index in [9.17, 15) is 9.50 Å². The van der Waals surface area contributed by atoms with Crippen LogP contribution in [-0.2, 0) is 6.42 Å².